The predicted octanol–water partition coefficient (Wildman–Crippen LogP) is 2.72. The Morgan fingerprint density at radius 3 is 2.57 bits per heavy atom. The van der Waals surface area contributed by atoms with Gasteiger partial charge in [0.15, 0.2) is 23.0 Å². The number of anilines is 1. The van der Waals surface area contributed by atoms with Crippen molar-refractivity contribution in [1.29, 1.82) is 5.26 Å². The number of nitrogens with two attached hydrogens (primary N) is 1. The van der Waals surface area contributed by atoms with E-state index in [0.29, 0.717) is 41.5 Å². The molecule has 1 aliphatic heterocycles. The molecule has 2 heterocycles. The van der Waals surface area contributed by atoms with Crippen LogP contribution in [0.1, 0.15) is 32.0 Å². The Balaban J connectivity index is 1.75. The van der Waals surface area contributed by atoms with Crippen LogP contribution in [-0.4, -0.2) is 36.6 Å². The highest BCUT2D eigenvalue weighted by atomic mass is 16.6. The largest absolute Gasteiger partial charge is 0.486 e. The average molecular weight is 403 g/mol. The lowest BCUT2D eigenvalue weighted by Gasteiger charge is -2.18. The van der Waals surface area contributed by atoms with Gasteiger partial charge in [0.2, 0.25) is 0 Å². The van der Waals surface area contributed by atoms with Crippen molar-refractivity contribution in [3.05, 3.63) is 71.0 Å². The number of carbonyl (C=O) groups is 2. The van der Waals surface area contributed by atoms with Crippen LogP contribution in [0, 0.1) is 11.3 Å². The number of carbonyl (C=O) groups excluding carboxylic acids is 2. The minimum atomic E-state index is -0.683. The van der Waals surface area contributed by atoms with Crippen LogP contribution in [-0.2, 0) is 4.74 Å². The van der Waals surface area contributed by atoms with Gasteiger partial charge in [-0.25, -0.2) is 4.79 Å². The lowest BCUT2D eigenvalue weighted by atomic mass is 10.0. The number of ether oxygens (including phenoxy) is 3. The maximum absolute atomic E-state index is 13.0. The zero-order valence-electron chi connectivity index (χ0n) is 16.0. The van der Waals surface area contributed by atoms with E-state index in [0.717, 1.165) is 0 Å². The molecule has 4 rings (SSSR count). The zero-order chi connectivity index (χ0) is 21.3. The van der Waals surface area contributed by atoms with Gasteiger partial charge in [-0.2, -0.15) is 5.26 Å². The van der Waals surface area contributed by atoms with E-state index in [4.69, 9.17) is 19.9 Å². The third-order valence-electron chi connectivity index (χ3n) is 4.73. The number of hydrogen-bond acceptors (Lipinski definition) is 7. The average Bonchev–Trinajstić information content (AvgIpc) is 3.14. The van der Waals surface area contributed by atoms with Crippen molar-refractivity contribution in [1.82, 2.24) is 4.57 Å². The second kappa shape index (κ2) is 7.64. The number of rotatable bonds is 4. The summed E-state index contributed by atoms with van der Waals surface area (Å²) >= 11 is 0. The number of hydrogen-bond donors (Lipinski definition) is 1. The molecule has 0 fully saturated rings. The SMILES string of the molecule is COC(=O)c1c(N)c(C#N)cn1-c1cccc(C(=O)c2ccc3c(c2)OCCO3)c1. The first kappa shape index (κ1) is 19.1. The second-order valence-corrected chi connectivity index (χ2v) is 6.52. The Labute approximate surface area is 172 Å². The molecule has 150 valence electrons. The molecule has 0 aliphatic carbocycles. The van der Waals surface area contributed by atoms with Crippen molar-refractivity contribution in [2.75, 3.05) is 26.1 Å². The number of aromatic nitrogens is 1. The van der Waals surface area contributed by atoms with Crippen molar-refractivity contribution in [3.8, 4) is 23.3 Å². The maximum Gasteiger partial charge on any atom is 0.357 e. The van der Waals surface area contributed by atoms with Gasteiger partial charge in [0.05, 0.1) is 18.4 Å². The van der Waals surface area contributed by atoms with Crippen molar-refractivity contribution in [2.24, 2.45) is 0 Å². The van der Waals surface area contributed by atoms with Crippen LogP contribution < -0.4 is 15.2 Å². The van der Waals surface area contributed by atoms with E-state index in [9.17, 15) is 14.9 Å². The Morgan fingerprint density at radius 1 is 1.10 bits per heavy atom. The Bertz CT molecular complexity index is 1210. The molecule has 1 aromatic heterocycles. The van der Waals surface area contributed by atoms with Crippen molar-refractivity contribution >= 4 is 17.4 Å². The summed E-state index contributed by atoms with van der Waals surface area (Å²) in [6.07, 6.45) is 1.44. The molecule has 0 spiro atoms. The molecule has 30 heavy (non-hydrogen) atoms. The van der Waals surface area contributed by atoms with Crippen molar-refractivity contribution < 1.29 is 23.8 Å². The molecule has 1 aliphatic rings. The number of nitrogen functional groups attached to an aromatic ring is 1. The van der Waals surface area contributed by atoms with Crippen molar-refractivity contribution in [3.63, 3.8) is 0 Å². The van der Waals surface area contributed by atoms with Gasteiger partial charge in [-0.05, 0) is 30.3 Å². The summed E-state index contributed by atoms with van der Waals surface area (Å²) in [5, 5.41) is 9.27. The first-order valence-electron chi connectivity index (χ1n) is 9.07. The second-order valence-electron chi connectivity index (χ2n) is 6.52. The van der Waals surface area contributed by atoms with Crippen LogP contribution >= 0.6 is 0 Å². The van der Waals surface area contributed by atoms with E-state index in [1.54, 1.807) is 42.5 Å². The van der Waals surface area contributed by atoms with E-state index < -0.39 is 5.97 Å². The number of fused-ring (bicyclic) bond motifs is 1. The molecule has 3 aromatic rings. The van der Waals surface area contributed by atoms with Gasteiger partial charge in [-0.3, -0.25) is 4.79 Å². The summed E-state index contributed by atoms with van der Waals surface area (Å²) < 4.78 is 17.3. The fourth-order valence-corrected chi connectivity index (χ4v) is 3.27. The van der Waals surface area contributed by atoms with Gasteiger partial charge in [0, 0.05) is 23.0 Å². The highest BCUT2D eigenvalue weighted by Crippen LogP contribution is 2.32. The first-order chi connectivity index (χ1) is 14.5. The topological polar surface area (TPSA) is 117 Å². The Morgan fingerprint density at radius 2 is 1.83 bits per heavy atom. The van der Waals surface area contributed by atoms with Crippen LogP contribution in [0.3, 0.4) is 0 Å². The highest BCUT2D eigenvalue weighted by molar-refractivity contribution is 6.09. The normalized spacial score (nSPS) is 12.1. The van der Waals surface area contributed by atoms with Gasteiger partial charge in [-0.15, -0.1) is 0 Å². The molecule has 2 aromatic carbocycles. The summed E-state index contributed by atoms with van der Waals surface area (Å²) in [4.78, 5) is 25.3. The first-order valence-corrected chi connectivity index (χ1v) is 9.07. The number of esters is 1. The number of ketones is 1. The highest BCUT2D eigenvalue weighted by Gasteiger charge is 2.22. The van der Waals surface area contributed by atoms with E-state index in [1.807, 2.05) is 6.07 Å². The van der Waals surface area contributed by atoms with Gasteiger partial charge in [-0.1, -0.05) is 12.1 Å². The predicted molar refractivity (Wildman–Crippen MR) is 107 cm³/mol. The number of nitriles is 1. The lowest BCUT2D eigenvalue weighted by Crippen LogP contribution is -2.16. The molecule has 0 unspecified atom stereocenters. The van der Waals surface area contributed by atoms with E-state index in [1.165, 1.54) is 17.9 Å². The summed E-state index contributed by atoms with van der Waals surface area (Å²) in [5.74, 6) is 0.209. The van der Waals surface area contributed by atoms with Gasteiger partial charge in [0.25, 0.3) is 0 Å². The van der Waals surface area contributed by atoms with Crippen LogP contribution in [0.4, 0.5) is 5.69 Å². The van der Waals surface area contributed by atoms with Gasteiger partial charge < -0.3 is 24.5 Å². The number of nitrogens with zero attached hydrogens (tertiary/aromatic N) is 2. The summed E-state index contributed by atoms with van der Waals surface area (Å²) in [6.45, 7) is 0.891. The minimum absolute atomic E-state index is 0.0212. The monoisotopic (exact) mass is 403 g/mol. The van der Waals surface area contributed by atoms with Gasteiger partial charge >= 0.3 is 5.97 Å². The molecule has 8 nitrogen and oxygen atoms in total. The fourth-order valence-electron chi connectivity index (χ4n) is 3.27. The molecule has 0 saturated heterocycles. The van der Waals surface area contributed by atoms with E-state index in [2.05, 4.69) is 0 Å². The summed E-state index contributed by atoms with van der Waals surface area (Å²) in [7, 11) is 1.23. The van der Waals surface area contributed by atoms with E-state index >= 15 is 0 Å². The molecule has 0 radical (unpaired) electrons. The van der Waals surface area contributed by atoms with Crippen LogP contribution in [0.25, 0.3) is 5.69 Å². The standard InChI is InChI=1S/C22H17N3O5/c1-28-22(27)20-19(24)15(11-23)12-25(20)16-4-2-3-13(9-16)21(26)14-5-6-17-18(10-14)30-8-7-29-17/h2-6,9-10,12H,7-8,24H2,1H3. The molecular weight excluding hydrogens is 386 g/mol. The fraction of sp³-hybridized carbons (Fsp3) is 0.136. The van der Waals surface area contributed by atoms with Crippen LogP contribution in [0.15, 0.2) is 48.7 Å². The van der Waals surface area contributed by atoms with E-state index in [-0.39, 0.29) is 22.7 Å². The lowest BCUT2D eigenvalue weighted by molar-refractivity contribution is 0.0593. The molecule has 8 heteroatoms. The molecule has 0 amide bonds. The molecule has 2 N–H and O–H groups in total. The maximum atomic E-state index is 13.0. The number of benzene rings is 2. The quantitative estimate of drug-likeness (QED) is 0.526. The third kappa shape index (κ3) is 3.22. The van der Waals surface area contributed by atoms with Crippen LogP contribution in [0.5, 0.6) is 11.5 Å². The smallest absolute Gasteiger partial charge is 0.357 e. The molecular formula is C22H17N3O5. The summed E-state index contributed by atoms with van der Waals surface area (Å²) in [6, 6.07) is 13.6. The van der Waals surface area contributed by atoms with Crippen LogP contribution in [0.2, 0.25) is 0 Å². The summed E-state index contributed by atoms with van der Waals surface area (Å²) in [5.41, 5.74) is 7.46. The minimum Gasteiger partial charge on any atom is -0.486 e. The molecule has 0 saturated carbocycles. The molecule has 0 bridgehead atoms. The van der Waals surface area contributed by atoms with Gasteiger partial charge in [0.1, 0.15) is 19.3 Å². The Kier molecular flexibility index (Phi) is 4.86. The third-order valence-corrected chi connectivity index (χ3v) is 4.73. The Hall–Kier alpha value is -4.25. The van der Waals surface area contributed by atoms with Crippen molar-refractivity contribution in [2.45, 2.75) is 0 Å². The molecule has 0 atom stereocenters. The number of methoxy groups -OCH3 is 1. The zero-order valence-corrected chi connectivity index (χ0v) is 16.0.